The maximum absolute atomic E-state index is 12.6. The summed E-state index contributed by atoms with van der Waals surface area (Å²) in [7, 11) is 0. The lowest BCUT2D eigenvalue weighted by molar-refractivity contribution is -0.153. The number of carbonyl (C=O) groups excluding carboxylic acids is 2. The Kier molecular flexibility index (Phi) is 6.39. The van der Waals surface area contributed by atoms with Crippen molar-refractivity contribution in [1.29, 1.82) is 0 Å². The first-order chi connectivity index (χ1) is 15.8. The molecule has 1 aliphatic rings. The van der Waals surface area contributed by atoms with Crippen LogP contribution in [0.2, 0.25) is 0 Å². The maximum Gasteiger partial charge on any atom is 0.255 e. The fourth-order valence-electron chi connectivity index (χ4n) is 3.86. The Morgan fingerprint density at radius 2 is 1.55 bits per heavy atom. The van der Waals surface area contributed by atoms with E-state index in [1.54, 1.807) is 43.3 Å². The molecular weight excluding hydrogens is 422 g/mol. The molecule has 0 aliphatic carbocycles. The summed E-state index contributed by atoms with van der Waals surface area (Å²) in [5, 5.41) is 32.8. The van der Waals surface area contributed by atoms with Crippen molar-refractivity contribution in [3.05, 3.63) is 83.4 Å². The van der Waals surface area contributed by atoms with Crippen LogP contribution in [0.4, 0.5) is 0 Å². The van der Waals surface area contributed by atoms with E-state index in [1.807, 2.05) is 24.3 Å². The number of rotatable bonds is 6. The molecule has 0 unspecified atom stereocenters. The summed E-state index contributed by atoms with van der Waals surface area (Å²) in [4.78, 5) is 30.6. The van der Waals surface area contributed by atoms with Gasteiger partial charge in [-0.1, -0.05) is 54.6 Å². The molecule has 2 heterocycles. The van der Waals surface area contributed by atoms with Crippen molar-refractivity contribution in [2.24, 2.45) is 0 Å². The summed E-state index contributed by atoms with van der Waals surface area (Å²) in [6.07, 6.45) is -3.75. The minimum Gasteiger partial charge on any atom is -0.493 e. The van der Waals surface area contributed by atoms with E-state index < -0.39 is 30.1 Å². The van der Waals surface area contributed by atoms with Crippen LogP contribution < -0.4 is 5.32 Å². The SMILES string of the molecule is C[C@@H](NC(=O)[C@H](O)[C@@H](O)C(=O)N1Cc2ccccc2C1)c1ccc(-c2cccc(O)n2)cc1. The van der Waals surface area contributed by atoms with Gasteiger partial charge in [0.05, 0.1) is 11.7 Å². The number of nitrogens with one attached hydrogen (secondary N) is 1. The second-order valence-electron chi connectivity index (χ2n) is 8.09. The minimum absolute atomic E-state index is 0.0721. The lowest BCUT2D eigenvalue weighted by atomic mass is 10.0. The highest BCUT2D eigenvalue weighted by atomic mass is 16.3. The van der Waals surface area contributed by atoms with Crippen molar-refractivity contribution < 1.29 is 24.9 Å². The highest BCUT2D eigenvalue weighted by Gasteiger charge is 2.35. The first-order valence-electron chi connectivity index (χ1n) is 10.6. The first-order valence-corrected chi connectivity index (χ1v) is 10.6. The molecule has 0 fully saturated rings. The number of carbonyl (C=O) groups is 2. The summed E-state index contributed by atoms with van der Waals surface area (Å²) >= 11 is 0. The number of fused-ring (bicyclic) bond motifs is 1. The van der Waals surface area contributed by atoms with Gasteiger partial charge in [0.25, 0.3) is 11.8 Å². The monoisotopic (exact) mass is 447 g/mol. The third kappa shape index (κ3) is 4.87. The lowest BCUT2D eigenvalue weighted by Gasteiger charge is -2.24. The molecule has 33 heavy (non-hydrogen) atoms. The van der Waals surface area contributed by atoms with Crippen molar-refractivity contribution in [2.75, 3.05) is 0 Å². The highest BCUT2D eigenvalue weighted by molar-refractivity contribution is 5.91. The van der Waals surface area contributed by atoms with Crippen molar-refractivity contribution in [2.45, 2.75) is 38.3 Å². The second-order valence-corrected chi connectivity index (χ2v) is 8.09. The molecule has 8 nitrogen and oxygen atoms in total. The topological polar surface area (TPSA) is 123 Å². The molecule has 3 atom stereocenters. The Balaban J connectivity index is 1.35. The molecule has 170 valence electrons. The van der Waals surface area contributed by atoms with Gasteiger partial charge in [0.2, 0.25) is 5.88 Å². The van der Waals surface area contributed by atoms with Crippen LogP contribution in [-0.2, 0) is 22.7 Å². The van der Waals surface area contributed by atoms with Gasteiger partial charge < -0.3 is 25.5 Å². The predicted molar refractivity (Wildman–Crippen MR) is 121 cm³/mol. The Morgan fingerprint density at radius 1 is 0.909 bits per heavy atom. The number of aromatic hydroxyl groups is 1. The Labute approximate surface area is 191 Å². The number of aliphatic hydroxyl groups excluding tert-OH is 2. The minimum atomic E-state index is -1.89. The van der Waals surface area contributed by atoms with Gasteiger partial charge >= 0.3 is 0 Å². The highest BCUT2D eigenvalue weighted by Crippen LogP contribution is 2.24. The summed E-state index contributed by atoms with van der Waals surface area (Å²) in [6.45, 7) is 2.39. The van der Waals surface area contributed by atoms with Crippen LogP contribution in [0.1, 0.15) is 29.7 Å². The van der Waals surface area contributed by atoms with Crippen LogP contribution in [0.25, 0.3) is 11.3 Å². The smallest absolute Gasteiger partial charge is 0.255 e. The average Bonchev–Trinajstić information content (AvgIpc) is 3.27. The molecule has 3 aromatic rings. The van der Waals surface area contributed by atoms with Crippen molar-refractivity contribution in [3.63, 3.8) is 0 Å². The van der Waals surface area contributed by atoms with Crippen LogP contribution in [0.3, 0.4) is 0 Å². The van der Waals surface area contributed by atoms with E-state index in [9.17, 15) is 24.9 Å². The van der Waals surface area contributed by atoms with Gasteiger partial charge in [0, 0.05) is 24.7 Å². The van der Waals surface area contributed by atoms with Gasteiger partial charge in [-0.15, -0.1) is 0 Å². The van der Waals surface area contributed by atoms with Crippen LogP contribution in [-0.4, -0.2) is 49.2 Å². The Morgan fingerprint density at radius 3 is 2.15 bits per heavy atom. The molecule has 0 saturated heterocycles. The number of hydrogen-bond donors (Lipinski definition) is 4. The van der Waals surface area contributed by atoms with E-state index in [2.05, 4.69) is 10.3 Å². The first kappa shape index (κ1) is 22.4. The molecule has 2 aromatic carbocycles. The molecule has 1 aromatic heterocycles. The van der Waals surface area contributed by atoms with Crippen LogP contribution >= 0.6 is 0 Å². The van der Waals surface area contributed by atoms with Crippen LogP contribution in [0.5, 0.6) is 5.88 Å². The van der Waals surface area contributed by atoms with Crippen molar-refractivity contribution in [1.82, 2.24) is 15.2 Å². The fourth-order valence-corrected chi connectivity index (χ4v) is 3.86. The van der Waals surface area contributed by atoms with Crippen LogP contribution in [0, 0.1) is 0 Å². The van der Waals surface area contributed by atoms with E-state index >= 15 is 0 Å². The van der Waals surface area contributed by atoms with E-state index in [-0.39, 0.29) is 5.88 Å². The molecule has 0 saturated carbocycles. The van der Waals surface area contributed by atoms with E-state index in [0.717, 1.165) is 22.3 Å². The standard InChI is InChI=1S/C25H25N3O5/c1-15(16-9-11-17(12-10-16)20-7-4-8-21(29)27-20)26-24(32)22(30)23(31)25(33)28-13-18-5-2-3-6-19(18)14-28/h2-12,15,22-23,30-31H,13-14H2,1H3,(H,26,32)(H,27,29)/t15-,22-,23-/m1/s1. The summed E-state index contributed by atoms with van der Waals surface area (Å²) in [5.41, 5.74) is 4.13. The van der Waals surface area contributed by atoms with Crippen LogP contribution in [0.15, 0.2) is 66.7 Å². The van der Waals surface area contributed by atoms with E-state index in [1.165, 1.54) is 11.0 Å². The van der Waals surface area contributed by atoms with Crippen molar-refractivity contribution in [3.8, 4) is 17.1 Å². The molecule has 4 rings (SSSR count). The Bertz CT molecular complexity index is 1140. The zero-order chi connectivity index (χ0) is 23.5. The maximum atomic E-state index is 12.6. The molecule has 2 amide bonds. The molecule has 1 aliphatic heterocycles. The number of amides is 2. The zero-order valence-electron chi connectivity index (χ0n) is 18.0. The summed E-state index contributed by atoms with van der Waals surface area (Å²) < 4.78 is 0. The summed E-state index contributed by atoms with van der Waals surface area (Å²) in [5.74, 6) is -1.60. The molecule has 0 radical (unpaired) electrons. The predicted octanol–water partition coefficient (Wildman–Crippen LogP) is 1.90. The van der Waals surface area contributed by atoms with E-state index in [4.69, 9.17) is 0 Å². The number of benzene rings is 2. The third-order valence-electron chi connectivity index (χ3n) is 5.77. The van der Waals surface area contributed by atoms with Gasteiger partial charge in [-0.3, -0.25) is 9.59 Å². The number of aliphatic hydroxyl groups is 2. The zero-order valence-corrected chi connectivity index (χ0v) is 18.0. The average molecular weight is 447 g/mol. The second kappa shape index (κ2) is 9.40. The quantitative estimate of drug-likeness (QED) is 0.458. The normalized spacial score (nSPS) is 15.4. The third-order valence-corrected chi connectivity index (χ3v) is 5.77. The van der Waals surface area contributed by atoms with Gasteiger partial charge in [-0.25, -0.2) is 4.98 Å². The van der Waals surface area contributed by atoms with Gasteiger partial charge in [-0.05, 0) is 29.7 Å². The molecule has 4 N–H and O–H groups in total. The van der Waals surface area contributed by atoms with Gasteiger partial charge in [-0.2, -0.15) is 0 Å². The fraction of sp³-hybridized carbons (Fsp3) is 0.240. The Hall–Kier alpha value is -3.75. The molecule has 0 spiro atoms. The lowest BCUT2D eigenvalue weighted by Crippen LogP contribution is -2.50. The number of pyridine rings is 1. The molecular formula is C25H25N3O5. The van der Waals surface area contributed by atoms with Gasteiger partial charge in [0.1, 0.15) is 0 Å². The largest absolute Gasteiger partial charge is 0.493 e. The number of nitrogens with zero attached hydrogens (tertiary/aromatic N) is 2. The van der Waals surface area contributed by atoms with Gasteiger partial charge in [0.15, 0.2) is 12.2 Å². The molecule has 8 heteroatoms. The van der Waals surface area contributed by atoms with Crippen molar-refractivity contribution >= 4 is 11.8 Å². The molecule has 0 bridgehead atoms. The number of aromatic nitrogens is 1. The summed E-state index contributed by atoms with van der Waals surface area (Å²) in [6, 6.07) is 19.2. The van der Waals surface area contributed by atoms with E-state index in [0.29, 0.717) is 18.8 Å². The number of hydrogen-bond acceptors (Lipinski definition) is 6.